The van der Waals surface area contributed by atoms with E-state index < -0.39 is 0 Å². The summed E-state index contributed by atoms with van der Waals surface area (Å²) >= 11 is 0. The molecular formula is C18H24N2O2. The molecule has 0 unspecified atom stereocenters. The molecule has 0 atom stereocenters. The second-order valence-electron chi connectivity index (χ2n) is 6.14. The summed E-state index contributed by atoms with van der Waals surface area (Å²) in [5, 5.41) is 4.20. The lowest BCUT2D eigenvalue weighted by Crippen LogP contribution is -2.35. The van der Waals surface area contributed by atoms with E-state index in [1.807, 2.05) is 35.9 Å². The molecule has 1 saturated carbocycles. The smallest absolute Gasteiger partial charge is 0.268 e. The van der Waals surface area contributed by atoms with E-state index in [1.165, 1.54) is 25.7 Å². The Morgan fingerprint density at radius 3 is 2.64 bits per heavy atom. The normalized spacial score (nSPS) is 16.5. The van der Waals surface area contributed by atoms with Crippen molar-refractivity contribution in [3.8, 4) is 5.75 Å². The summed E-state index contributed by atoms with van der Waals surface area (Å²) in [4.78, 5) is 12.6. The Morgan fingerprint density at radius 2 is 1.95 bits per heavy atom. The first kappa shape index (κ1) is 14.9. The predicted molar refractivity (Wildman–Crippen MR) is 88.4 cm³/mol. The number of aryl methyl sites for hydroxylation is 1. The monoisotopic (exact) mass is 300 g/mol. The van der Waals surface area contributed by atoms with Crippen LogP contribution in [-0.2, 0) is 7.05 Å². The molecule has 0 radical (unpaired) electrons. The van der Waals surface area contributed by atoms with Crippen molar-refractivity contribution in [2.75, 3.05) is 7.11 Å². The number of carbonyl (C=O) groups is 1. The maximum Gasteiger partial charge on any atom is 0.268 e. The third kappa shape index (κ3) is 2.82. The van der Waals surface area contributed by atoms with Crippen molar-refractivity contribution in [2.45, 2.75) is 44.6 Å². The van der Waals surface area contributed by atoms with Crippen LogP contribution < -0.4 is 10.1 Å². The number of hydrogen-bond acceptors (Lipinski definition) is 2. The van der Waals surface area contributed by atoms with E-state index in [-0.39, 0.29) is 5.91 Å². The van der Waals surface area contributed by atoms with Gasteiger partial charge in [0.25, 0.3) is 5.91 Å². The third-order valence-corrected chi connectivity index (χ3v) is 4.69. The molecule has 1 heterocycles. The van der Waals surface area contributed by atoms with Crippen molar-refractivity contribution in [2.24, 2.45) is 7.05 Å². The second-order valence-corrected chi connectivity index (χ2v) is 6.14. The predicted octanol–water partition coefficient (Wildman–Crippen LogP) is 3.64. The van der Waals surface area contributed by atoms with E-state index >= 15 is 0 Å². The topological polar surface area (TPSA) is 43.3 Å². The highest BCUT2D eigenvalue weighted by Gasteiger charge is 2.19. The van der Waals surface area contributed by atoms with E-state index in [2.05, 4.69) is 5.32 Å². The van der Waals surface area contributed by atoms with E-state index in [0.717, 1.165) is 29.5 Å². The molecule has 4 heteroatoms. The van der Waals surface area contributed by atoms with E-state index in [9.17, 15) is 4.79 Å². The molecule has 0 spiro atoms. The van der Waals surface area contributed by atoms with Gasteiger partial charge in [0.05, 0.1) is 12.6 Å². The molecule has 1 amide bonds. The van der Waals surface area contributed by atoms with Crippen LogP contribution in [0, 0.1) is 0 Å². The van der Waals surface area contributed by atoms with Crippen LogP contribution in [0.15, 0.2) is 24.3 Å². The van der Waals surface area contributed by atoms with Crippen LogP contribution in [0.3, 0.4) is 0 Å². The summed E-state index contributed by atoms with van der Waals surface area (Å²) in [5.41, 5.74) is 1.72. The van der Waals surface area contributed by atoms with Gasteiger partial charge >= 0.3 is 0 Å². The molecular weight excluding hydrogens is 276 g/mol. The van der Waals surface area contributed by atoms with Gasteiger partial charge in [0, 0.05) is 18.5 Å². The number of methoxy groups -OCH3 is 1. The number of aromatic nitrogens is 1. The number of nitrogens with one attached hydrogen (secondary N) is 1. The largest absolute Gasteiger partial charge is 0.496 e. The Morgan fingerprint density at radius 1 is 1.23 bits per heavy atom. The van der Waals surface area contributed by atoms with Crippen molar-refractivity contribution < 1.29 is 9.53 Å². The van der Waals surface area contributed by atoms with E-state index in [4.69, 9.17) is 4.74 Å². The fraction of sp³-hybridized carbons (Fsp3) is 0.500. The maximum atomic E-state index is 12.6. The Bertz CT molecular complexity index is 667. The third-order valence-electron chi connectivity index (χ3n) is 4.69. The molecule has 1 aromatic heterocycles. The first-order chi connectivity index (χ1) is 10.7. The minimum absolute atomic E-state index is 0.0210. The molecule has 0 saturated heterocycles. The van der Waals surface area contributed by atoms with Crippen molar-refractivity contribution in [3.63, 3.8) is 0 Å². The molecule has 1 aliphatic rings. The van der Waals surface area contributed by atoms with Crippen LogP contribution in [0.4, 0.5) is 0 Å². The van der Waals surface area contributed by atoms with Gasteiger partial charge in [0.15, 0.2) is 0 Å². The molecule has 2 aromatic rings. The first-order valence-electron chi connectivity index (χ1n) is 8.14. The number of carbonyl (C=O) groups excluding carboxylic acids is 1. The number of hydrogen-bond donors (Lipinski definition) is 1. The van der Waals surface area contributed by atoms with Crippen LogP contribution in [0.2, 0.25) is 0 Å². The standard InChI is InChI=1S/C18H24N2O2/c1-20-15-10-7-11-17(22-2)14(15)12-16(20)18(21)19-13-8-5-3-4-6-9-13/h7,10-13H,3-6,8-9H2,1-2H3,(H,19,21). The average Bonchev–Trinajstić information content (AvgIpc) is 2.71. The zero-order chi connectivity index (χ0) is 15.5. The number of ether oxygens (including phenoxy) is 1. The number of benzene rings is 1. The summed E-state index contributed by atoms with van der Waals surface area (Å²) < 4.78 is 7.35. The molecule has 4 nitrogen and oxygen atoms in total. The summed E-state index contributed by atoms with van der Waals surface area (Å²) in [6, 6.07) is 8.14. The molecule has 22 heavy (non-hydrogen) atoms. The molecule has 1 fully saturated rings. The second kappa shape index (κ2) is 6.42. The molecule has 1 N–H and O–H groups in total. The number of amides is 1. The van der Waals surface area contributed by atoms with Crippen LogP contribution in [0.5, 0.6) is 5.75 Å². The molecule has 1 aliphatic carbocycles. The lowest BCUT2D eigenvalue weighted by Gasteiger charge is -2.16. The van der Waals surface area contributed by atoms with Gasteiger partial charge in [-0.1, -0.05) is 31.7 Å². The van der Waals surface area contributed by atoms with Crippen molar-refractivity contribution in [1.29, 1.82) is 0 Å². The Balaban J connectivity index is 1.86. The van der Waals surface area contributed by atoms with Gasteiger partial charge in [-0.15, -0.1) is 0 Å². The number of rotatable bonds is 3. The number of nitrogens with zero attached hydrogens (tertiary/aromatic N) is 1. The Labute approximate surface area is 131 Å². The first-order valence-corrected chi connectivity index (χ1v) is 8.14. The Kier molecular flexibility index (Phi) is 4.36. The molecule has 1 aromatic carbocycles. The van der Waals surface area contributed by atoms with E-state index in [0.29, 0.717) is 11.7 Å². The summed E-state index contributed by atoms with van der Waals surface area (Å²) in [5.74, 6) is 0.828. The minimum Gasteiger partial charge on any atom is -0.496 e. The highest BCUT2D eigenvalue weighted by Crippen LogP contribution is 2.28. The lowest BCUT2D eigenvalue weighted by atomic mass is 10.1. The van der Waals surface area contributed by atoms with Crippen molar-refractivity contribution in [1.82, 2.24) is 9.88 Å². The Hall–Kier alpha value is -1.97. The van der Waals surface area contributed by atoms with Gasteiger partial charge in [-0.25, -0.2) is 0 Å². The minimum atomic E-state index is 0.0210. The fourth-order valence-corrected chi connectivity index (χ4v) is 3.41. The van der Waals surface area contributed by atoms with Crippen LogP contribution >= 0.6 is 0 Å². The van der Waals surface area contributed by atoms with Gasteiger partial charge < -0.3 is 14.6 Å². The zero-order valence-electron chi connectivity index (χ0n) is 13.4. The maximum absolute atomic E-state index is 12.6. The highest BCUT2D eigenvalue weighted by molar-refractivity contribution is 6.00. The zero-order valence-corrected chi connectivity index (χ0v) is 13.4. The van der Waals surface area contributed by atoms with Crippen molar-refractivity contribution in [3.05, 3.63) is 30.0 Å². The van der Waals surface area contributed by atoms with Gasteiger partial charge in [-0.3, -0.25) is 4.79 Å². The van der Waals surface area contributed by atoms with Gasteiger partial charge in [-0.2, -0.15) is 0 Å². The lowest BCUT2D eigenvalue weighted by molar-refractivity contribution is 0.0925. The van der Waals surface area contributed by atoms with Gasteiger partial charge in [0.2, 0.25) is 0 Å². The summed E-state index contributed by atoms with van der Waals surface area (Å²) in [7, 11) is 3.59. The van der Waals surface area contributed by atoms with E-state index in [1.54, 1.807) is 7.11 Å². The van der Waals surface area contributed by atoms with Gasteiger partial charge in [0.1, 0.15) is 11.4 Å². The summed E-state index contributed by atoms with van der Waals surface area (Å²) in [6.07, 6.45) is 7.20. The number of fused-ring (bicyclic) bond motifs is 1. The van der Waals surface area contributed by atoms with Crippen molar-refractivity contribution >= 4 is 16.8 Å². The van der Waals surface area contributed by atoms with Crippen LogP contribution in [-0.4, -0.2) is 23.6 Å². The SMILES string of the molecule is COc1cccc2c1cc(C(=O)NC1CCCCCC1)n2C. The quantitative estimate of drug-likeness (QED) is 0.879. The molecule has 3 rings (SSSR count). The fourth-order valence-electron chi connectivity index (χ4n) is 3.41. The molecule has 0 bridgehead atoms. The van der Waals surface area contributed by atoms with Crippen LogP contribution in [0.1, 0.15) is 49.0 Å². The average molecular weight is 300 g/mol. The highest BCUT2D eigenvalue weighted by atomic mass is 16.5. The van der Waals surface area contributed by atoms with Crippen LogP contribution in [0.25, 0.3) is 10.9 Å². The molecule has 0 aliphatic heterocycles. The van der Waals surface area contributed by atoms with Gasteiger partial charge in [-0.05, 0) is 31.0 Å². The molecule has 118 valence electrons. The summed E-state index contributed by atoms with van der Waals surface area (Å²) in [6.45, 7) is 0.